The summed E-state index contributed by atoms with van der Waals surface area (Å²) in [6.07, 6.45) is 8.14. The summed E-state index contributed by atoms with van der Waals surface area (Å²) in [6.45, 7) is 8.98. The number of likely N-dealkylation sites (N-methyl/N-ethyl adjacent to an activating group) is 1. The van der Waals surface area contributed by atoms with Crippen LogP contribution in [-0.2, 0) is 50.6 Å². The molecule has 10 atom stereocenters. The fourth-order valence-corrected chi connectivity index (χ4v) is 14.4. The summed E-state index contributed by atoms with van der Waals surface area (Å²) in [4.78, 5) is 67.4. The van der Waals surface area contributed by atoms with Crippen molar-refractivity contribution in [1.82, 2.24) is 20.1 Å². The molecule has 7 aliphatic rings. The monoisotopic (exact) mass is 877 g/mol. The van der Waals surface area contributed by atoms with Crippen molar-refractivity contribution in [3.05, 3.63) is 70.9 Å². The molecule has 0 radical (unpaired) electrons. The SMILES string of the molecule is CC[C@]1(NC(=O)C2CC2)C[C@H]2CN(CCc3c([nH]c4ccccc34)[C@@](C(=O)OC)(c3cc4c(cc3OC)N(C)[C@H]3[C@@](O)(C(=O)OC)[C@H](OC(C)=O)[C@]5(CC)C=CCN6CC[C@]43[C@@H]65)C2)C1. The fraction of sp³-hybridized carbons (Fsp3) is 0.600. The van der Waals surface area contributed by atoms with Gasteiger partial charge in [-0.25, -0.2) is 4.79 Å². The Morgan fingerprint density at radius 3 is 2.41 bits per heavy atom. The van der Waals surface area contributed by atoms with Crippen LogP contribution in [0, 0.1) is 17.3 Å². The molecule has 5 aliphatic heterocycles. The number of para-hydroxylation sites is 1. The Labute approximate surface area is 375 Å². The Hall–Kier alpha value is -4.92. The zero-order valence-corrected chi connectivity index (χ0v) is 38.3. The lowest BCUT2D eigenvalue weighted by Crippen LogP contribution is -2.81. The van der Waals surface area contributed by atoms with Gasteiger partial charge in [0.15, 0.2) is 6.10 Å². The lowest BCUT2D eigenvalue weighted by atomic mass is 9.47. The Kier molecular flexibility index (Phi) is 10.1. The van der Waals surface area contributed by atoms with Crippen LogP contribution in [0.4, 0.5) is 5.69 Å². The lowest BCUT2D eigenvalue weighted by Gasteiger charge is -2.63. The summed E-state index contributed by atoms with van der Waals surface area (Å²) in [6, 6.07) is 11.0. The topological polar surface area (TPSA) is 163 Å². The van der Waals surface area contributed by atoms with Gasteiger partial charge < -0.3 is 44.2 Å². The summed E-state index contributed by atoms with van der Waals surface area (Å²) in [5.41, 5.74) is -1.17. The zero-order chi connectivity index (χ0) is 45.1. The average Bonchev–Trinajstić information content (AvgIpc) is 3.92. The van der Waals surface area contributed by atoms with Crippen molar-refractivity contribution in [1.29, 1.82) is 0 Å². The van der Waals surface area contributed by atoms with Crippen LogP contribution < -0.4 is 15.0 Å². The van der Waals surface area contributed by atoms with E-state index >= 15 is 4.79 Å². The quantitative estimate of drug-likeness (QED) is 0.157. The van der Waals surface area contributed by atoms with Crippen LogP contribution in [0.15, 0.2) is 48.6 Å². The molecule has 3 N–H and O–H groups in total. The lowest BCUT2D eigenvalue weighted by molar-refractivity contribution is -0.228. The molecule has 2 aromatic carbocycles. The molecule has 3 aromatic rings. The number of aromatic nitrogens is 1. The van der Waals surface area contributed by atoms with E-state index in [1.165, 1.54) is 21.1 Å². The van der Waals surface area contributed by atoms with E-state index in [1.807, 2.05) is 37.1 Å². The number of hydrogen-bond acceptors (Lipinski definition) is 12. The molecule has 2 saturated carbocycles. The first-order valence-electron chi connectivity index (χ1n) is 23.3. The number of aromatic amines is 1. The molecule has 342 valence electrons. The highest BCUT2D eigenvalue weighted by atomic mass is 16.6. The van der Waals surface area contributed by atoms with E-state index in [2.05, 4.69) is 57.4 Å². The number of carbonyl (C=O) groups excluding carboxylic acids is 4. The largest absolute Gasteiger partial charge is 0.496 e. The zero-order valence-electron chi connectivity index (χ0n) is 38.3. The molecule has 2 aliphatic carbocycles. The van der Waals surface area contributed by atoms with Crippen LogP contribution >= 0.6 is 0 Å². The van der Waals surface area contributed by atoms with E-state index in [-0.39, 0.29) is 23.8 Å². The minimum Gasteiger partial charge on any atom is -0.496 e. The number of H-pyrrole nitrogens is 1. The number of nitrogens with zero attached hydrogens (tertiary/aromatic N) is 3. The van der Waals surface area contributed by atoms with Gasteiger partial charge in [-0.1, -0.05) is 44.2 Å². The molecule has 64 heavy (non-hydrogen) atoms. The average molecular weight is 878 g/mol. The third-order valence-corrected chi connectivity index (χ3v) is 17.0. The van der Waals surface area contributed by atoms with Crippen LogP contribution in [0.5, 0.6) is 5.75 Å². The van der Waals surface area contributed by atoms with E-state index in [0.29, 0.717) is 56.5 Å². The van der Waals surface area contributed by atoms with Gasteiger partial charge in [-0.15, -0.1) is 0 Å². The van der Waals surface area contributed by atoms with Gasteiger partial charge in [0.2, 0.25) is 11.5 Å². The maximum atomic E-state index is 15.6. The maximum Gasteiger partial charge on any atom is 0.344 e. The Bertz CT molecular complexity index is 2470. The molecule has 1 amide bonds. The molecule has 2 saturated heterocycles. The first-order chi connectivity index (χ1) is 30.7. The second-order valence-electron chi connectivity index (χ2n) is 20.0. The molecule has 4 fully saturated rings. The number of ether oxygens (including phenoxy) is 4. The van der Waals surface area contributed by atoms with Gasteiger partial charge in [0, 0.05) is 96.9 Å². The standard InChI is InChI=1S/C50H63N5O9/c1-8-46(52-40(57)31-15-16-31)25-30-26-49(44(58)62-6,39-33(17-21-54(27-30)28-46)32-13-10-11-14-36(32)51-39)35-23-34-37(24-38(35)61-5)53(4)42-48(34)19-22-55-20-12-18-47(9-2,41(48)55)43(64-29(3)56)50(42,60)45(59)63-7/h10-14,18,23-24,30-31,41-43,51,60H,8-9,15-17,19-22,25-28H2,1-7H3,(H,52,57)/t30-,41+,42-,43-,46+,47-,48-,49+,50+/m1/s1. The van der Waals surface area contributed by atoms with Gasteiger partial charge in [0.1, 0.15) is 11.2 Å². The number of fused-ring (bicyclic) bond motifs is 6. The Morgan fingerprint density at radius 2 is 1.72 bits per heavy atom. The van der Waals surface area contributed by atoms with Crippen molar-refractivity contribution < 1.29 is 43.2 Å². The predicted molar refractivity (Wildman–Crippen MR) is 239 cm³/mol. The smallest absolute Gasteiger partial charge is 0.344 e. The number of nitrogens with one attached hydrogen (secondary N) is 2. The van der Waals surface area contributed by atoms with Crippen molar-refractivity contribution in [2.75, 3.05) is 66.0 Å². The van der Waals surface area contributed by atoms with Crippen LogP contribution in [0.2, 0.25) is 0 Å². The van der Waals surface area contributed by atoms with Gasteiger partial charge in [-0.05, 0) is 87.1 Å². The van der Waals surface area contributed by atoms with Crippen molar-refractivity contribution in [3.63, 3.8) is 0 Å². The van der Waals surface area contributed by atoms with Crippen LogP contribution in [0.3, 0.4) is 0 Å². The number of carbonyl (C=O) groups is 4. The van der Waals surface area contributed by atoms with Gasteiger partial charge >= 0.3 is 17.9 Å². The second-order valence-corrected chi connectivity index (χ2v) is 20.0. The number of benzene rings is 2. The number of rotatable bonds is 9. The molecule has 14 heteroatoms. The number of piperidine rings is 1. The highest BCUT2D eigenvalue weighted by Gasteiger charge is 2.80. The predicted octanol–water partition coefficient (Wildman–Crippen LogP) is 4.52. The first-order valence-corrected chi connectivity index (χ1v) is 23.3. The molecule has 14 nitrogen and oxygen atoms in total. The van der Waals surface area contributed by atoms with Gasteiger partial charge in [-0.3, -0.25) is 19.3 Å². The molecular formula is C50H63N5O9. The Morgan fingerprint density at radius 1 is 0.953 bits per heavy atom. The highest BCUT2D eigenvalue weighted by Crippen LogP contribution is 2.68. The normalized spacial score (nSPS) is 36.1. The molecule has 1 unspecified atom stereocenters. The third-order valence-electron chi connectivity index (χ3n) is 17.0. The number of anilines is 1. The van der Waals surface area contributed by atoms with Crippen LogP contribution in [0.25, 0.3) is 10.9 Å². The van der Waals surface area contributed by atoms with Gasteiger partial charge in [0.05, 0.1) is 32.9 Å². The van der Waals surface area contributed by atoms with Crippen molar-refractivity contribution >= 4 is 40.4 Å². The summed E-state index contributed by atoms with van der Waals surface area (Å²) in [5, 5.41) is 18.0. The van der Waals surface area contributed by atoms with E-state index in [1.54, 1.807) is 7.11 Å². The minimum absolute atomic E-state index is 0.0574. The second kappa shape index (κ2) is 15.1. The third kappa shape index (κ3) is 5.72. The minimum atomic E-state index is -2.31. The van der Waals surface area contributed by atoms with E-state index in [0.717, 1.165) is 72.3 Å². The summed E-state index contributed by atoms with van der Waals surface area (Å²) in [7, 11) is 6.20. The van der Waals surface area contributed by atoms with Crippen LogP contribution in [0.1, 0.15) is 88.1 Å². The number of esters is 3. The molecule has 2 bridgehead atoms. The first kappa shape index (κ1) is 43.0. The molecule has 1 aromatic heterocycles. The van der Waals surface area contributed by atoms with Crippen LogP contribution in [-0.4, -0.2) is 134 Å². The van der Waals surface area contributed by atoms with E-state index < -0.39 is 57.4 Å². The highest BCUT2D eigenvalue weighted by molar-refractivity contribution is 5.95. The summed E-state index contributed by atoms with van der Waals surface area (Å²) < 4.78 is 24.2. The number of hydrogen-bond donors (Lipinski definition) is 3. The number of amides is 1. The van der Waals surface area contributed by atoms with E-state index in [4.69, 9.17) is 18.9 Å². The molecule has 1 spiro atoms. The molecule has 10 rings (SSSR count). The fourth-order valence-electron chi connectivity index (χ4n) is 14.4. The summed E-state index contributed by atoms with van der Waals surface area (Å²) >= 11 is 0. The molecular weight excluding hydrogens is 815 g/mol. The van der Waals surface area contributed by atoms with Gasteiger partial charge in [-0.2, -0.15) is 0 Å². The van der Waals surface area contributed by atoms with Gasteiger partial charge in [0.25, 0.3) is 0 Å². The Balaban J connectivity index is 1.24. The number of aliphatic hydroxyl groups is 1. The number of methoxy groups -OCH3 is 3. The van der Waals surface area contributed by atoms with E-state index in [9.17, 15) is 19.5 Å². The summed E-state index contributed by atoms with van der Waals surface area (Å²) in [5.74, 6) is -1.32. The van der Waals surface area contributed by atoms with Crippen molar-refractivity contribution in [2.24, 2.45) is 17.3 Å². The van der Waals surface area contributed by atoms with Crippen molar-refractivity contribution in [2.45, 2.75) is 112 Å². The van der Waals surface area contributed by atoms with Crippen molar-refractivity contribution in [3.8, 4) is 5.75 Å². The molecule has 6 heterocycles. The maximum absolute atomic E-state index is 15.6.